The van der Waals surface area contributed by atoms with Crippen molar-refractivity contribution < 1.29 is 14.3 Å². The summed E-state index contributed by atoms with van der Waals surface area (Å²) < 4.78 is 14.7. The lowest BCUT2D eigenvalue weighted by atomic mass is 9.87. The molecule has 6 nitrogen and oxygen atoms in total. The van der Waals surface area contributed by atoms with Crippen LogP contribution in [0.25, 0.3) is 0 Å². The quantitative estimate of drug-likeness (QED) is 0.870. The summed E-state index contributed by atoms with van der Waals surface area (Å²) in [5, 5.41) is 14.5. The second-order valence-electron chi connectivity index (χ2n) is 6.48. The van der Waals surface area contributed by atoms with Crippen LogP contribution in [-0.2, 0) is 11.3 Å². The van der Waals surface area contributed by atoms with E-state index in [2.05, 4.69) is 10.1 Å². The van der Waals surface area contributed by atoms with E-state index in [0.717, 1.165) is 24.8 Å². The van der Waals surface area contributed by atoms with Gasteiger partial charge in [0, 0.05) is 26.1 Å². The minimum atomic E-state index is -0.606. The van der Waals surface area contributed by atoms with E-state index in [4.69, 9.17) is 0 Å². The third-order valence-corrected chi connectivity index (χ3v) is 4.79. The molecule has 0 aliphatic carbocycles. The summed E-state index contributed by atoms with van der Waals surface area (Å²) in [6.45, 7) is 2.00. The van der Waals surface area contributed by atoms with Crippen LogP contribution in [-0.4, -0.2) is 43.8 Å². The number of aliphatic hydroxyl groups is 1. The van der Waals surface area contributed by atoms with Crippen molar-refractivity contribution in [2.45, 2.75) is 38.3 Å². The molecular weight excluding hydrogens is 323 g/mol. The standard InChI is InChI=1S/C18H23FN4O2/c19-16-5-3-14(4-6-16)18(25)15-7-10-22(11-8-15)17(24)2-1-9-23-13-20-12-21-23/h3-6,12-13,15,18,25H,1-2,7-11H2. The van der Waals surface area contributed by atoms with Crippen LogP contribution >= 0.6 is 0 Å². The Hall–Kier alpha value is -2.28. The molecule has 1 aromatic heterocycles. The summed E-state index contributed by atoms with van der Waals surface area (Å²) in [7, 11) is 0. The molecule has 1 N–H and O–H groups in total. The highest BCUT2D eigenvalue weighted by molar-refractivity contribution is 5.76. The molecule has 1 saturated heterocycles. The average Bonchev–Trinajstić information content (AvgIpc) is 3.15. The van der Waals surface area contributed by atoms with Gasteiger partial charge in [0.05, 0.1) is 6.10 Å². The SMILES string of the molecule is O=C(CCCn1cncn1)N1CCC(C(O)c2ccc(F)cc2)CC1. The molecule has 0 saturated carbocycles. The monoisotopic (exact) mass is 346 g/mol. The Morgan fingerprint density at radius 2 is 2.00 bits per heavy atom. The molecule has 1 unspecified atom stereocenters. The number of carbonyl (C=O) groups excluding carboxylic acids is 1. The van der Waals surface area contributed by atoms with E-state index in [9.17, 15) is 14.3 Å². The van der Waals surface area contributed by atoms with E-state index >= 15 is 0 Å². The van der Waals surface area contributed by atoms with Crippen molar-refractivity contribution in [2.24, 2.45) is 5.92 Å². The predicted octanol–water partition coefficient (Wildman–Crippen LogP) is 2.17. The fourth-order valence-corrected chi connectivity index (χ4v) is 3.30. The normalized spacial score (nSPS) is 16.8. The average molecular weight is 346 g/mol. The molecule has 1 aliphatic heterocycles. The van der Waals surface area contributed by atoms with E-state index in [-0.39, 0.29) is 17.6 Å². The van der Waals surface area contributed by atoms with Gasteiger partial charge >= 0.3 is 0 Å². The molecule has 0 bridgehead atoms. The van der Waals surface area contributed by atoms with Crippen LogP contribution in [0.2, 0.25) is 0 Å². The van der Waals surface area contributed by atoms with Crippen LogP contribution in [0.3, 0.4) is 0 Å². The van der Waals surface area contributed by atoms with Crippen molar-refractivity contribution in [3.8, 4) is 0 Å². The summed E-state index contributed by atoms with van der Waals surface area (Å²) in [5.74, 6) is -0.0539. The Morgan fingerprint density at radius 3 is 2.64 bits per heavy atom. The van der Waals surface area contributed by atoms with E-state index < -0.39 is 6.10 Å². The molecule has 25 heavy (non-hydrogen) atoms. The number of carbonyl (C=O) groups is 1. The second-order valence-corrected chi connectivity index (χ2v) is 6.48. The fourth-order valence-electron chi connectivity index (χ4n) is 3.30. The van der Waals surface area contributed by atoms with Crippen LogP contribution in [0.1, 0.15) is 37.4 Å². The molecule has 2 aromatic rings. The van der Waals surface area contributed by atoms with Crippen LogP contribution in [0.4, 0.5) is 4.39 Å². The van der Waals surface area contributed by atoms with E-state index in [1.54, 1.807) is 23.1 Å². The van der Waals surface area contributed by atoms with Crippen LogP contribution in [0.15, 0.2) is 36.9 Å². The van der Waals surface area contributed by atoms with Gasteiger partial charge in [-0.05, 0) is 42.9 Å². The van der Waals surface area contributed by atoms with Gasteiger partial charge in [-0.1, -0.05) is 12.1 Å². The Bertz CT molecular complexity index is 667. The molecule has 0 spiro atoms. The maximum absolute atomic E-state index is 13.0. The number of aryl methyl sites for hydroxylation is 1. The Morgan fingerprint density at radius 1 is 1.28 bits per heavy atom. The molecule has 1 atom stereocenters. The number of benzene rings is 1. The third-order valence-electron chi connectivity index (χ3n) is 4.79. The molecule has 1 aromatic carbocycles. The highest BCUT2D eigenvalue weighted by Crippen LogP contribution is 2.31. The molecule has 1 fully saturated rings. The number of rotatable bonds is 6. The van der Waals surface area contributed by atoms with Crippen molar-refractivity contribution in [3.63, 3.8) is 0 Å². The van der Waals surface area contributed by atoms with Gasteiger partial charge in [0.25, 0.3) is 0 Å². The zero-order chi connectivity index (χ0) is 17.6. The number of likely N-dealkylation sites (tertiary alicyclic amines) is 1. The first-order valence-electron chi connectivity index (χ1n) is 8.67. The van der Waals surface area contributed by atoms with Gasteiger partial charge in [0.2, 0.25) is 5.91 Å². The number of hydrogen-bond donors (Lipinski definition) is 1. The van der Waals surface area contributed by atoms with Crippen molar-refractivity contribution in [3.05, 3.63) is 48.3 Å². The predicted molar refractivity (Wildman–Crippen MR) is 89.9 cm³/mol. The maximum atomic E-state index is 13.0. The lowest BCUT2D eigenvalue weighted by Crippen LogP contribution is -2.39. The summed E-state index contributed by atoms with van der Waals surface area (Å²) in [6.07, 6.45) is 5.27. The van der Waals surface area contributed by atoms with E-state index in [0.29, 0.717) is 26.1 Å². The summed E-state index contributed by atoms with van der Waals surface area (Å²) in [4.78, 5) is 18.0. The summed E-state index contributed by atoms with van der Waals surface area (Å²) in [5.41, 5.74) is 0.735. The summed E-state index contributed by atoms with van der Waals surface area (Å²) >= 11 is 0. The van der Waals surface area contributed by atoms with Crippen LogP contribution in [0.5, 0.6) is 0 Å². The second kappa shape index (κ2) is 8.20. The Labute approximate surface area is 146 Å². The van der Waals surface area contributed by atoms with Crippen LogP contribution in [0, 0.1) is 11.7 Å². The molecule has 1 aliphatic rings. The lowest BCUT2D eigenvalue weighted by molar-refractivity contribution is -0.133. The fraction of sp³-hybridized carbons (Fsp3) is 0.500. The van der Waals surface area contributed by atoms with Crippen molar-refractivity contribution >= 4 is 5.91 Å². The zero-order valence-corrected chi connectivity index (χ0v) is 14.1. The number of piperidine rings is 1. The van der Waals surface area contributed by atoms with Crippen molar-refractivity contribution in [2.75, 3.05) is 13.1 Å². The molecule has 7 heteroatoms. The number of halogens is 1. The molecule has 3 rings (SSSR count). The first-order chi connectivity index (χ1) is 12.1. The zero-order valence-electron chi connectivity index (χ0n) is 14.1. The van der Waals surface area contributed by atoms with Gasteiger partial charge in [-0.2, -0.15) is 5.10 Å². The molecule has 0 radical (unpaired) electrons. The molecule has 1 amide bonds. The number of aromatic nitrogens is 3. The van der Waals surface area contributed by atoms with E-state index in [1.807, 2.05) is 4.90 Å². The number of aliphatic hydroxyl groups excluding tert-OH is 1. The largest absolute Gasteiger partial charge is 0.388 e. The van der Waals surface area contributed by atoms with Gasteiger partial charge in [-0.3, -0.25) is 9.48 Å². The third kappa shape index (κ3) is 4.63. The van der Waals surface area contributed by atoms with Gasteiger partial charge in [0.1, 0.15) is 18.5 Å². The number of nitrogens with zero attached hydrogens (tertiary/aromatic N) is 4. The lowest BCUT2D eigenvalue weighted by Gasteiger charge is -2.34. The van der Waals surface area contributed by atoms with Gasteiger partial charge < -0.3 is 10.0 Å². The summed E-state index contributed by atoms with van der Waals surface area (Å²) in [6, 6.07) is 5.99. The van der Waals surface area contributed by atoms with E-state index in [1.165, 1.54) is 18.5 Å². The number of hydrogen-bond acceptors (Lipinski definition) is 4. The first-order valence-corrected chi connectivity index (χ1v) is 8.67. The van der Waals surface area contributed by atoms with Gasteiger partial charge in [-0.25, -0.2) is 9.37 Å². The minimum absolute atomic E-state index is 0.102. The van der Waals surface area contributed by atoms with Gasteiger partial charge in [0.15, 0.2) is 0 Å². The highest BCUT2D eigenvalue weighted by atomic mass is 19.1. The Kier molecular flexibility index (Phi) is 5.75. The van der Waals surface area contributed by atoms with Crippen LogP contribution < -0.4 is 0 Å². The Balaban J connectivity index is 1.43. The first kappa shape index (κ1) is 17.5. The highest BCUT2D eigenvalue weighted by Gasteiger charge is 2.28. The van der Waals surface area contributed by atoms with Crippen molar-refractivity contribution in [1.29, 1.82) is 0 Å². The molecule has 134 valence electrons. The topological polar surface area (TPSA) is 71.2 Å². The molecular formula is C18H23FN4O2. The maximum Gasteiger partial charge on any atom is 0.222 e. The minimum Gasteiger partial charge on any atom is -0.388 e. The molecule has 2 heterocycles. The van der Waals surface area contributed by atoms with Crippen molar-refractivity contribution in [1.82, 2.24) is 19.7 Å². The van der Waals surface area contributed by atoms with Gasteiger partial charge in [-0.15, -0.1) is 0 Å². The number of amides is 1. The smallest absolute Gasteiger partial charge is 0.222 e.